The van der Waals surface area contributed by atoms with Crippen molar-refractivity contribution in [3.63, 3.8) is 0 Å². The molecule has 0 radical (unpaired) electrons. The summed E-state index contributed by atoms with van der Waals surface area (Å²) in [5, 5.41) is 5.62. The Morgan fingerprint density at radius 3 is 2.57 bits per heavy atom. The third-order valence-corrected chi connectivity index (χ3v) is 6.40. The highest BCUT2D eigenvalue weighted by molar-refractivity contribution is 7.21. The van der Waals surface area contributed by atoms with Crippen LogP contribution in [0.2, 0.25) is 5.02 Å². The lowest BCUT2D eigenvalue weighted by molar-refractivity contribution is 0.0959. The van der Waals surface area contributed by atoms with Gasteiger partial charge < -0.3 is 9.64 Å². The lowest BCUT2D eigenvalue weighted by Gasteiger charge is -2.28. The van der Waals surface area contributed by atoms with Crippen LogP contribution < -0.4 is 10.3 Å². The van der Waals surface area contributed by atoms with Crippen molar-refractivity contribution in [1.29, 1.82) is 0 Å². The molecule has 28 heavy (non-hydrogen) atoms. The molecule has 0 bridgehead atoms. The van der Waals surface area contributed by atoms with Crippen molar-refractivity contribution in [1.82, 2.24) is 5.43 Å². The maximum absolute atomic E-state index is 12.5. The van der Waals surface area contributed by atoms with Crippen LogP contribution in [0.3, 0.4) is 0 Å². The number of ether oxygens (including phenoxy) is 1. The van der Waals surface area contributed by atoms with Crippen molar-refractivity contribution < 1.29 is 9.53 Å². The number of carbonyl (C=O) groups excluding carboxylic acids is 1. The average molecular weight is 414 g/mol. The number of fused-ring (bicyclic) bond motifs is 1. The summed E-state index contributed by atoms with van der Waals surface area (Å²) in [5.41, 5.74) is 5.49. The van der Waals surface area contributed by atoms with Gasteiger partial charge in [0, 0.05) is 28.9 Å². The van der Waals surface area contributed by atoms with Crippen LogP contribution in [0, 0.1) is 0 Å². The highest BCUT2D eigenvalue weighted by Crippen LogP contribution is 2.34. The molecule has 1 amide bonds. The molecule has 1 saturated heterocycles. The van der Waals surface area contributed by atoms with Gasteiger partial charge in [0.15, 0.2) is 0 Å². The zero-order valence-electron chi connectivity index (χ0n) is 15.4. The number of morpholine rings is 1. The minimum absolute atomic E-state index is 0.296. The molecule has 1 aliphatic heterocycles. The standard InChI is InChI=1S/C21H20ClN3O2S/c1-14(15-6-8-16(9-7-15)25-10-12-27-13-11-25)23-24-21(26)20-19(22)17-4-2-3-5-18(17)28-20/h2-9H,10-13H2,1H3,(H,24,26). The van der Waals surface area contributed by atoms with Crippen LogP contribution in [0.25, 0.3) is 10.1 Å². The number of carbonyl (C=O) groups is 1. The summed E-state index contributed by atoms with van der Waals surface area (Å²) >= 11 is 7.73. The predicted molar refractivity (Wildman–Crippen MR) is 116 cm³/mol. The highest BCUT2D eigenvalue weighted by Gasteiger charge is 2.16. The van der Waals surface area contributed by atoms with E-state index in [1.807, 2.05) is 43.3 Å². The van der Waals surface area contributed by atoms with Crippen LogP contribution in [-0.4, -0.2) is 37.9 Å². The summed E-state index contributed by atoms with van der Waals surface area (Å²) in [6.07, 6.45) is 0. The van der Waals surface area contributed by atoms with Crippen LogP contribution in [-0.2, 0) is 4.74 Å². The van der Waals surface area contributed by atoms with E-state index in [-0.39, 0.29) is 5.91 Å². The third kappa shape index (κ3) is 3.90. The molecule has 2 heterocycles. The Kier molecular flexibility index (Phi) is 5.62. The molecule has 7 heteroatoms. The predicted octanol–water partition coefficient (Wildman–Crippen LogP) is 4.55. The van der Waals surface area contributed by atoms with Gasteiger partial charge in [-0.25, -0.2) is 5.43 Å². The molecule has 0 unspecified atom stereocenters. The number of amides is 1. The van der Waals surface area contributed by atoms with Gasteiger partial charge in [0.05, 0.1) is 23.9 Å². The van der Waals surface area contributed by atoms with E-state index in [0.29, 0.717) is 9.90 Å². The number of nitrogens with one attached hydrogen (secondary N) is 1. The number of halogens is 1. The summed E-state index contributed by atoms with van der Waals surface area (Å²) in [5.74, 6) is -0.296. The smallest absolute Gasteiger partial charge is 0.283 e. The second-order valence-corrected chi connectivity index (χ2v) is 7.96. The molecule has 1 aliphatic rings. The first kappa shape index (κ1) is 18.9. The molecule has 0 atom stereocenters. The minimum Gasteiger partial charge on any atom is -0.378 e. The maximum Gasteiger partial charge on any atom is 0.283 e. The first-order valence-electron chi connectivity index (χ1n) is 9.08. The second kappa shape index (κ2) is 8.31. The molecular formula is C21H20ClN3O2S. The van der Waals surface area contributed by atoms with Crippen molar-refractivity contribution in [2.75, 3.05) is 31.2 Å². The third-order valence-electron chi connectivity index (χ3n) is 4.73. The molecule has 1 aromatic heterocycles. The Balaban J connectivity index is 1.46. The largest absolute Gasteiger partial charge is 0.378 e. The van der Waals surface area contributed by atoms with E-state index in [2.05, 4.69) is 27.6 Å². The summed E-state index contributed by atoms with van der Waals surface area (Å²) in [6, 6.07) is 15.9. The van der Waals surface area contributed by atoms with E-state index < -0.39 is 0 Å². The summed E-state index contributed by atoms with van der Waals surface area (Å²) < 4.78 is 6.38. The molecule has 0 saturated carbocycles. The Hall–Kier alpha value is -2.41. The normalized spacial score (nSPS) is 15.1. The van der Waals surface area contributed by atoms with Crippen molar-refractivity contribution in [3.8, 4) is 0 Å². The van der Waals surface area contributed by atoms with Crippen LogP contribution in [0.4, 0.5) is 5.69 Å². The summed E-state index contributed by atoms with van der Waals surface area (Å²) in [6.45, 7) is 5.19. The van der Waals surface area contributed by atoms with Gasteiger partial charge in [-0.15, -0.1) is 11.3 Å². The second-order valence-electron chi connectivity index (χ2n) is 6.53. The number of anilines is 1. The van der Waals surface area contributed by atoms with Gasteiger partial charge in [-0.3, -0.25) is 4.79 Å². The number of nitrogens with zero attached hydrogens (tertiary/aromatic N) is 2. The van der Waals surface area contributed by atoms with E-state index in [1.165, 1.54) is 17.0 Å². The molecule has 144 valence electrons. The molecule has 0 aliphatic carbocycles. The quantitative estimate of drug-likeness (QED) is 0.504. The molecular weight excluding hydrogens is 394 g/mol. The van der Waals surface area contributed by atoms with E-state index in [1.54, 1.807) is 0 Å². The Morgan fingerprint density at radius 2 is 1.86 bits per heavy atom. The van der Waals surface area contributed by atoms with Crippen LogP contribution >= 0.6 is 22.9 Å². The van der Waals surface area contributed by atoms with Crippen LogP contribution in [0.5, 0.6) is 0 Å². The minimum atomic E-state index is -0.296. The summed E-state index contributed by atoms with van der Waals surface area (Å²) in [7, 11) is 0. The fourth-order valence-electron chi connectivity index (χ4n) is 3.15. The van der Waals surface area contributed by atoms with E-state index in [9.17, 15) is 4.79 Å². The number of hydrogen-bond acceptors (Lipinski definition) is 5. The first-order valence-corrected chi connectivity index (χ1v) is 10.3. The zero-order chi connectivity index (χ0) is 19.5. The van der Waals surface area contributed by atoms with Gasteiger partial charge in [0.1, 0.15) is 4.88 Å². The molecule has 2 aromatic carbocycles. The first-order chi connectivity index (χ1) is 13.6. The maximum atomic E-state index is 12.5. The summed E-state index contributed by atoms with van der Waals surface area (Å²) in [4.78, 5) is 15.3. The van der Waals surface area contributed by atoms with Crippen LogP contribution in [0.1, 0.15) is 22.2 Å². The van der Waals surface area contributed by atoms with E-state index in [0.717, 1.165) is 47.7 Å². The monoisotopic (exact) mass is 413 g/mol. The Labute approximate surface area is 172 Å². The van der Waals surface area contributed by atoms with Gasteiger partial charge in [0.2, 0.25) is 0 Å². The molecule has 1 fully saturated rings. The van der Waals surface area contributed by atoms with Gasteiger partial charge in [-0.05, 0) is 30.7 Å². The van der Waals surface area contributed by atoms with Crippen molar-refractivity contribution in [2.45, 2.75) is 6.92 Å². The molecule has 4 rings (SSSR count). The molecule has 1 N–H and O–H groups in total. The Bertz CT molecular complexity index is 1020. The number of rotatable bonds is 4. The topological polar surface area (TPSA) is 53.9 Å². The number of benzene rings is 2. The van der Waals surface area contributed by atoms with Crippen molar-refractivity contribution in [3.05, 3.63) is 64.0 Å². The highest BCUT2D eigenvalue weighted by atomic mass is 35.5. The van der Waals surface area contributed by atoms with E-state index >= 15 is 0 Å². The molecule has 5 nitrogen and oxygen atoms in total. The fourth-order valence-corrected chi connectivity index (χ4v) is 4.55. The van der Waals surface area contributed by atoms with Gasteiger partial charge >= 0.3 is 0 Å². The SMILES string of the molecule is CC(=NNC(=O)c1sc2ccccc2c1Cl)c1ccc(N2CCOCC2)cc1. The fraction of sp³-hybridized carbons (Fsp3) is 0.238. The number of hydrazone groups is 1. The lowest BCUT2D eigenvalue weighted by atomic mass is 10.1. The van der Waals surface area contributed by atoms with Crippen molar-refractivity contribution >= 4 is 50.3 Å². The molecule has 3 aromatic rings. The molecule has 0 spiro atoms. The number of hydrogen-bond donors (Lipinski definition) is 1. The number of thiophene rings is 1. The van der Waals surface area contributed by atoms with Gasteiger partial charge in [-0.2, -0.15) is 5.10 Å². The van der Waals surface area contributed by atoms with Crippen LogP contribution in [0.15, 0.2) is 53.6 Å². The van der Waals surface area contributed by atoms with Gasteiger partial charge in [0.25, 0.3) is 5.91 Å². The average Bonchev–Trinajstić information content (AvgIpc) is 3.09. The van der Waals surface area contributed by atoms with E-state index in [4.69, 9.17) is 16.3 Å². The van der Waals surface area contributed by atoms with Crippen molar-refractivity contribution in [2.24, 2.45) is 5.10 Å². The Morgan fingerprint density at radius 1 is 1.14 bits per heavy atom. The zero-order valence-corrected chi connectivity index (χ0v) is 17.0. The lowest BCUT2D eigenvalue weighted by Crippen LogP contribution is -2.36. The van der Waals surface area contributed by atoms with Gasteiger partial charge in [-0.1, -0.05) is 41.9 Å².